The minimum Gasteiger partial charge on any atom is -0.492 e. The molecule has 1 aliphatic rings. The van der Waals surface area contributed by atoms with Crippen molar-refractivity contribution in [2.45, 2.75) is 6.61 Å². The highest BCUT2D eigenvalue weighted by Gasteiger charge is 2.35. The Bertz CT molecular complexity index is 1330. The van der Waals surface area contributed by atoms with E-state index in [1.807, 2.05) is 0 Å². The normalized spacial score (nSPS) is 14.4. The van der Waals surface area contributed by atoms with Crippen LogP contribution in [0.2, 0.25) is 0 Å². The molecule has 0 unspecified atom stereocenters. The number of hydrogen-bond acceptors (Lipinski definition) is 7. The van der Waals surface area contributed by atoms with E-state index < -0.39 is 16.1 Å². The standard InChI is InChI=1S/C25H18BrFN2O6S/c26-18-3-10-22(35-15-16-1-6-20(7-2-16)29(32)33)17(13-18)14-23-24(30)28(25(31)36-23)11-12-34-21-8-4-19(27)5-9-21/h1-10,13-14H,11-12,15H2/b23-14-. The van der Waals surface area contributed by atoms with E-state index in [-0.39, 0.29) is 36.2 Å². The van der Waals surface area contributed by atoms with Crippen LogP contribution >= 0.6 is 27.7 Å². The van der Waals surface area contributed by atoms with Crippen molar-refractivity contribution in [3.63, 3.8) is 0 Å². The van der Waals surface area contributed by atoms with Crippen LogP contribution < -0.4 is 9.47 Å². The average molecular weight is 573 g/mol. The number of carbonyl (C=O) groups is 2. The first kappa shape index (κ1) is 25.4. The molecule has 184 valence electrons. The summed E-state index contributed by atoms with van der Waals surface area (Å²) >= 11 is 4.22. The first-order valence-electron chi connectivity index (χ1n) is 10.6. The molecule has 1 aliphatic heterocycles. The van der Waals surface area contributed by atoms with E-state index in [2.05, 4.69) is 15.9 Å². The molecule has 36 heavy (non-hydrogen) atoms. The molecule has 2 amide bonds. The second-order valence-electron chi connectivity index (χ2n) is 7.53. The topological polar surface area (TPSA) is 99.0 Å². The van der Waals surface area contributed by atoms with Gasteiger partial charge in [0.05, 0.1) is 16.4 Å². The van der Waals surface area contributed by atoms with Gasteiger partial charge in [-0.1, -0.05) is 15.9 Å². The molecule has 0 saturated carbocycles. The number of amides is 2. The number of hydrogen-bond donors (Lipinski definition) is 0. The molecule has 0 atom stereocenters. The van der Waals surface area contributed by atoms with Gasteiger partial charge in [0, 0.05) is 22.2 Å². The Labute approximate surface area is 218 Å². The maximum atomic E-state index is 13.0. The summed E-state index contributed by atoms with van der Waals surface area (Å²) < 4.78 is 25.2. The van der Waals surface area contributed by atoms with E-state index >= 15 is 0 Å². The number of rotatable bonds is 9. The molecule has 1 fully saturated rings. The Balaban J connectivity index is 1.43. The summed E-state index contributed by atoms with van der Waals surface area (Å²) in [7, 11) is 0. The zero-order valence-electron chi connectivity index (χ0n) is 18.6. The number of thioether (sulfide) groups is 1. The molecule has 0 radical (unpaired) electrons. The molecule has 11 heteroatoms. The minimum absolute atomic E-state index is 0.0122. The Hall–Kier alpha value is -3.70. The fraction of sp³-hybridized carbons (Fsp3) is 0.120. The summed E-state index contributed by atoms with van der Waals surface area (Å²) in [6.45, 7) is 0.265. The zero-order chi connectivity index (χ0) is 25.7. The van der Waals surface area contributed by atoms with Crippen LogP contribution in [-0.4, -0.2) is 34.1 Å². The van der Waals surface area contributed by atoms with Gasteiger partial charge in [0.15, 0.2) is 0 Å². The molecule has 1 heterocycles. The maximum Gasteiger partial charge on any atom is 0.293 e. The third kappa shape index (κ3) is 6.29. The summed E-state index contributed by atoms with van der Waals surface area (Å²) in [6, 6.07) is 16.7. The van der Waals surface area contributed by atoms with Crippen molar-refractivity contribution < 1.29 is 28.4 Å². The lowest BCUT2D eigenvalue weighted by Gasteiger charge is -2.13. The lowest BCUT2D eigenvalue weighted by atomic mass is 10.1. The number of halogens is 2. The second kappa shape index (κ2) is 11.4. The SMILES string of the molecule is O=C1S/C(=C\c2cc(Br)ccc2OCc2ccc([N+](=O)[O-])cc2)C(=O)N1CCOc1ccc(F)cc1. The van der Waals surface area contributed by atoms with E-state index in [9.17, 15) is 24.1 Å². The summed E-state index contributed by atoms with van der Waals surface area (Å²) in [5.41, 5.74) is 1.30. The summed E-state index contributed by atoms with van der Waals surface area (Å²) in [6.07, 6.45) is 1.58. The average Bonchev–Trinajstić information content (AvgIpc) is 3.12. The highest BCUT2D eigenvalue weighted by molar-refractivity contribution is 9.10. The van der Waals surface area contributed by atoms with Gasteiger partial charge in [-0.25, -0.2) is 4.39 Å². The lowest BCUT2D eigenvalue weighted by molar-refractivity contribution is -0.384. The summed E-state index contributed by atoms with van der Waals surface area (Å²) in [5, 5.41) is 10.4. The maximum absolute atomic E-state index is 13.0. The van der Waals surface area contributed by atoms with Crippen LogP contribution in [0, 0.1) is 15.9 Å². The van der Waals surface area contributed by atoms with Crippen molar-refractivity contribution in [2.75, 3.05) is 13.2 Å². The molecule has 0 bridgehead atoms. The minimum atomic E-state index is -0.473. The second-order valence-corrected chi connectivity index (χ2v) is 9.44. The lowest BCUT2D eigenvalue weighted by Crippen LogP contribution is -2.32. The van der Waals surface area contributed by atoms with E-state index in [0.717, 1.165) is 26.7 Å². The molecule has 4 rings (SSSR count). The van der Waals surface area contributed by atoms with E-state index in [0.29, 0.717) is 17.1 Å². The van der Waals surface area contributed by atoms with Crippen LogP contribution in [0.5, 0.6) is 11.5 Å². The van der Waals surface area contributed by atoms with Gasteiger partial charge in [0.25, 0.3) is 16.8 Å². The van der Waals surface area contributed by atoms with Crippen LogP contribution in [0.3, 0.4) is 0 Å². The van der Waals surface area contributed by atoms with E-state index in [4.69, 9.17) is 9.47 Å². The molecule has 0 N–H and O–H groups in total. The van der Waals surface area contributed by atoms with Gasteiger partial charge in [0.1, 0.15) is 30.5 Å². The quantitative estimate of drug-likeness (QED) is 0.171. The molecule has 1 saturated heterocycles. The van der Waals surface area contributed by atoms with Crippen molar-refractivity contribution in [1.82, 2.24) is 4.90 Å². The number of imide groups is 1. The Kier molecular flexibility index (Phi) is 8.01. The molecule has 0 aliphatic carbocycles. The fourth-order valence-electron chi connectivity index (χ4n) is 3.26. The number of nitro groups is 1. The van der Waals surface area contributed by atoms with Crippen molar-refractivity contribution in [3.05, 3.63) is 103 Å². The summed E-state index contributed by atoms with van der Waals surface area (Å²) in [5.74, 6) is 0.0712. The van der Waals surface area contributed by atoms with Crippen LogP contribution in [0.1, 0.15) is 11.1 Å². The van der Waals surface area contributed by atoms with Crippen molar-refractivity contribution in [1.29, 1.82) is 0 Å². The molecular formula is C25H18BrFN2O6S. The predicted octanol–water partition coefficient (Wildman–Crippen LogP) is 6.19. The van der Waals surface area contributed by atoms with E-state index in [1.165, 1.54) is 36.4 Å². The third-order valence-electron chi connectivity index (χ3n) is 5.07. The first-order valence-corrected chi connectivity index (χ1v) is 12.2. The third-order valence-corrected chi connectivity index (χ3v) is 6.47. The monoisotopic (exact) mass is 572 g/mol. The van der Waals surface area contributed by atoms with E-state index in [1.54, 1.807) is 36.4 Å². The van der Waals surface area contributed by atoms with Crippen LogP contribution in [0.25, 0.3) is 6.08 Å². The van der Waals surface area contributed by atoms with Gasteiger partial charge in [-0.2, -0.15) is 0 Å². The van der Waals surface area contributed by atoms with Gasteiger partial charge >= 0.3 is 0 Å². The number of carbonyl (C=O) groups excluding carboxylic acids is 2. The molecule has 8 nitrogen and oxygen atoms in total. The number of nitro benzene ring substituents is 1. The molecule has 0 aromatic heterocycles. The Morgan fingerprint density at radius 3 is 2.44 bits per heavy atom. The number of non-ortho nitro benzene ring substituents is 1. The largest absolute Gasteiger partial charge is 0.492 e. The first-order chi connectivity index (χ1) is 17.3. The Morgan fingerprint density at radius 2 is 1.75 bits per heavy atom. The fourth-order valence-corrected chi connectivity index (χ4v) is 4.49. The highest BCUT2D eigenvalue weighted by atomic mass is 79.9. The van der Waals surface area contributed by atoms with Crippen molar-refractivity contribution >= 4 is 50.6 Å². The highest BCUT2D eigenvalue weighted by Crippen LogP contribution is 2.35. The molecule has 3 aromatic carbocycles. The van der Waals surface area contributed by atoms with Crippen LogP contribution in [0.4, 0.5) is 14.9 Å². The van der Waals surface area contributed by atoms with Crippen LogP contribution in [-0.2, 0) is 11.4 Å². The zero-order valence-corrected chi connectivity index (χ0v) is 21.0. The molecular weight excluding hydrogens is 555 g/mol. The Morgan fingerprint density at radius 1 is 1.03 bits per heavy atom. The predicted molar refractivity (Wildman–Crippen MR) is 136 cm³/mol. The van der Waals surface area contributed by atoms with Crippen molar-refractivity contribution in [3.8, 4) is 11.5 Å². The van der Waals surface area contributed by atoms with Gasteiger partial charge in [-0.15, -0.1) is 0 Å². The number of ether oxygens (including phenoxy) is 2. The smallest absolute Gasteiger partial charge is 0.293 e. The van der Waals surface area contributed by atoms with Gasteiger partial charge in [-0.3, -0.25) is 24.6 Å². The molecule has 0 spiro atoms. The van der Waals surface area contributed by atoms with Crippen molar-refractivity contribution in [2.24, 2.45) is 0 Å². The van der Waals surface area contributed by atoms with Gasteiger partial charge in [-0.05, 0) is 78.0 Å². The van der Waals surface area contributed by atoms with Gasteiger partial charge in [0.2, 0.25) is 0 Å². The molecule has 3 aromatic rings. The van der Waals surface area contributed by atoms with Gasteiger partial charge < -0.3 is 9.47 Å². The number of benzene rings is 3. The van der Waals surface area contributed by atoms with Crippen LogP contribution in [0.15, 0.2) is 76.1 Å². The number of nitrogens with zero attached hydrogens (tertiary/aromatic N) is 2. The summed E-state index contributed by atoms with van der Waals surface area (Å²) in [4.78, 5) is 37.0.